The van der Waals surface area contributed by atoms with Crippen LogP contribution in [0.2, 0.25) is 5.02 Å². The lowest BCUT2D eigenvalue weighted by Gasteiger charge is -2.29. The van der Waals surface area contributed by atoms with Gasteiger partial charge in [0.15, 0.2) is 5.65 Å². The molecule has 2 aromatic heterocycles. The van der Waals surface area contributed by atoms with Crippen molar-refractivity contribution in [3.63, 3.8) is 0 Å². The van der Waals surface area contributed by atoms with Gasteiger partial charge >= 0.3 is 0 Å². The van der Waals surface area contributed by atoms with Gasteiger partial charge in [-0.05, 0) is 37.6 Å². The Morgan fingerprint density at radius 1 is 1.21 bits per heavy atom. The highest BCUT2D eigenvalue weighted by Crippen LogP contribution is 2.30. The predicted octanol–water partition coefficient (Wildman–Crippen LogP) is 3.26. The molecule has 1 fully saturated rings. The molecule has 0 aliphatic carbocycles. The number of H-pyrrole nitrogens is 1. The van der Waals surface area contributed by atoms with E-state index in [1.54, 1.807) is 12.5 Å². The standard InChI is InChI=1S/C17H19ClN6/c18-14-6-2-1-5-12(14)15(24-7-3-4-8-24)10-19-16-13-9-22-23-17(13)21-11-20-16/h1-2,5-6,9,11,15H,3-4,7-8,10H2,(H2,19,20,21,22,23). The number of hydrogen-bond donors (Lipinski definition) is 2. The zero-order valence-corrected chi connectivity index (χ0v) is 14.0. The molecule has 0 radical (unpaired) electrons. The lowest BCUT2D eigenvalue weighted by molar-refractivity contribution is 0.256. The number of nitrogens with one attached hydrogen (secondary N) is 2. The minimum Gasteiger partial charge on any atom is -0.367 e. The minimum atomic E-state index is 0.220. The van der Waals surface area contributed by atoms with Crippen molar-refractivity contribution in [3.8, 4) is 0 Å². The van der Waals surface area contributed by atoms with Crippen LogP contribution in [0, 0.1) is 0 Å². The second-order valence-electron chi connectivity index (χ2n) is 6.02. The van der Waals surface area contributed by atoms with Gasteiger partial charge < -0.3 is 5.32 Å². The van der Waals surface area contributed by atoms with Crippen LogP contribution in [-0.2, 0) is 0 Å². The maximum absolute atomic E-state index is 6.46. The topological polar surface area (TPSA) is 69.7 Å². The van der Waals surface area contributed by atoms with Crippen LogP contribution >= 0.6 is 11.6 Å². The summed E-state index contributed by atoms with van der Waals surface area (Å²) in [5.41, 5.74) is 1.90. The van der Waals surface area contributed by atoms with Crippen LogP contribution in [0.15, 0.2) is 36.8 Å². The van der Waals surface area contributed by atoms with Crippen LogP contribution in [0.3, 0.4) is 0 Å². The van der Waals surface area contributed by atoms with E-state index < -0.39 is 0 Å². The largest absolute Gasteiger partial charge is 0.367 e. The van der Waals surface area contributed by atoms with Gasteiger partial charge in [0.25, 0.3) is 0 Å². The second kappa shape index (κ2) is 6.75. The Morgan fingerprint density at radius 2 is 2.04 bits per heavy atom. The van der Waals surface area contributed by atoms with Crippen molar-refractivity contribution >= 4 is 28.5 Å². The number of aromatic nitrogens is 4. The first-order valence-corrected chi connectivity index (χ1v) is 8.57. The van der Waals surface area contributed by atoms with E-state index in [1.807, 2.05) is 18.2 Å². The van der Waals surface area contributed by atoms with Crippen molar-refractivity contribution < 1.29 is 0 Å². The molecule has 1 aromatic carbocycles. The fourth-order valence-corrected chi connectivity index (χ4v) is 3.60. The van der Waals surface area contributed by atoms with Gasteiger partial charge in [0.1, 0.15) is 12.1 Å². The van der Waals surface area contributed by atoms with E-state index in [0.717, 1.165) is 47.1 Å². The molecule has 3 heterocycles. The Balaban J connectivity index is 1.60. The highest BCUT2D eigenvalue weighted by atomic mass is 35.5. The average molecular weight is 343 g/mol. The van der Waals surface area contributed by atoms with Crippen molar-refractivity contribution in [2.75, 3.05) is 25.0 Å². The molecule has 6 nitrogen and oxygen atoms in total. The van der Waals surface area contributed by atoms with Crippen molar-refractivity contribution in [1.29, 1.82) is 0 Å². The summed E-state index contributed by atoms with van der Waals surface area (Å²) in [6, 6.07) is 8.31. The summed E-state index contributed by atoms with van der Waals surface area (Å²) in [5.74, 6) is 0.796. The first-order valence-electron chi connectivity index (χ1n) is 8.19. The molecule has 2 N–H and O–H groups in total. The van der Waals surface area contributed by atoms with Crippen LogP contribution in [0.25, 0.3) is 11.0 Å². The molecule has 0 spiro atoms. The second-order valence-corrected chi connectivity index (χ2v) is 6.42. The molecule has 1 aliphatic heterocycles. The number of halogens is 1. The summed E-state index contributed by atoms with van der Waals surface area (Å²) < 4.78 is 0. The summed E-state index contributed by atoms with van der Waals surface area (Å²) >= 11 is 6.46. The first kappa shape index (κ1) is 15.4. The number of aromatic amines is 1. The van der Waals surface area contributed by atoms with Crippen LogP contribution in [0.4, 0.5) is 5.82 Å². The molecule has 124 valence electrons. The highest BCUT2D eigenvalue weighted by Gasteiger charge is 2.25. The Labute approximate surface area is 145 Å². The Morgan fingerprint density at radius 3 is 2.88 bits per heavy atom. The average Bonchev–Trinajstić information content (AvgIpc) is 3.28. The molecule has 4 rings (SSSR count). The third-order valence-corrected chi connectivity index (χ3v) is 4.90. The summed E-state index contributed by atoms with van der Waals surface area (Å²) in [7, 11) is 0. The van der Waals surface area contributed by atoms with Gasteiger partial charge in [-0.2, -0.15) is 5.10 Å². The van der Waals surface area contributed by atoms with Crippen LogP contribution in [-0.4, -0.2) is 44.7 Å². The van der Waals surface area contributed by atoms with Crippen molar-refractivity contribution in [1.82, 2.24) is 25.1 Å². The number of hydrogen-bond acceptors (Lipinski definition) is 5. The van der Waals surface area contributed by atoms with E-state index in [9.17, 15) is 0 Å². The molecule has 0 amide bonds. The molecular formula is C17H19ClN6. The maximum Gasteiger partial charge on any atom is 0.160 e. The third-order valence-electron chi connectivity index (χ3n) is 4.56. The van der Waals surface area contributed by atoms with E-state index in [-0.39, 0.29) is 6.04 Å². The number of anilines is 1. The fraction of sp³-hybridized carbons (Fsp3) is 0.353. The number of nitrogens with zero attached hydrogens (tertiary/aromatic N) is 4. The molecule has 0 bridgehead atoms. The lowest BCUT2D eigenvalue weighted by Crippen LogP contribution is -2.31. The van der Waals surface area contributed by atoms with Gasteiger partial charge in [0, 0.05) is 11.6 Å². The fourth-order valence-electron chi connectivity index (χ4n) is 3.33. The first-order chi connectivity index (χ1) is 11.8. The zero-order chi connectivity index (χ0) is 16.4. The van der Waals surface area contributed by atoms with E-state index in [1.165, 1.54) is 12.8 Å². The van der Waals surface area contributed by atoms with Gasteiger partial charge in [-0.15, -0.1) is 0 Å². The summed E-state index contributed by atoms with van der Waals surface area (Å²) in [6.45, 7) is 2.94. The molecule has 0 saturated carbocycles. The van der Waals surface area contributed by atoms with E-state index in [4.69, 9.17) is 11.6 Å². The van der Waals surface area contributed by atoms with Gasteiger partial charge in [-0.1, -0.05) is 29.8 Å². The zero-order valence-electron chi connectivity index (χ0n) is 13.2. The SMILES string of the molecule is Clc1ccccc1C(CNc1ncnc2[nH]ncc12)N1CCCC1. The summed E-state index contributed by atoms with van der Waals surface area (Å²) in [4.78, 5) is 11.0. The smallest absolute Gasteiger partial charge is 0.160 e. The third kappa shape index (κ3) is 2.95. The van der Waals surface area contributed by atoms with Crippen LogP contribution < -0.4 is 5.32 Å². The molecule has 24 heavy (non-hydrogen) atoms. The molecule has 1 saturated heterocycles. The van der Waals surface area contributed by atoms with Gasteiger partial charge in [0.2, 0.25) is 0 Å². The van der Waals surface area contributed by atoms with Gasteiger partial charge in [-0.3, -0.25) is 10.00 Å². The minimum absolute atomic E-state index is 0.220. The monoisotopic (exact) mass is 342 g/mol. The number of benzene rings is 1. The normalized spacial score (nSPS) is 16.5. The Hall–Kier alpha value is -2.18. The van der Waals surface area contributed by atoms with E-state index in [0.29, 0.717) is 0 Å². The number of fused-ring (bicyclic) bond motifs is 1. The summed E-state index contributed by atoms with van der Waals surface area (Å²) in [6.07, 6.45) is 5.77. The quantitative estimate of drug-likeness (QED) is 0.744. The van der Waals surface area contributed by atoms with E-state index in [2.05, 4.69) is 36.4 Å². The van der Waals surface area contributed by atoms with Gasteiger partial charge in [0.05, 0.1) is 17.6 Å². The molecule has 1 unspecified atom stereocenters. The molecule has 1 atom stereocenters. The highest BCUT2D eigenvalue weighted by molar-refractivity contribution is 6.31. The van der Waals surface area contributed by atoms with Crippen LogP contribution in [0.1, 0.15) is 24.4 Å². The van der Waals surface area contributed by atoms with Crippen LogP contribution in [0.5, 0.6) is 0 Å². The van der Waals surface area contributed by atoms with Crippen molar-refractivity contribution in [2.45, 2.75) is 18.9 Å². The lowest BCUT2D eigenvalue weighted by atomic mass is 10.1. The van der Waals surface area contributed by atoms with Gasteiger partial charge in [-0.25, -0.2) is 9.97 Å². The number of rotatable bonds is 5. The Kier molecular flexibility index (Phi) is 4.32. The van der Waals surface area contributed by atoms with Crippen molar-refractivity contribution in [2.24, 2.45) is 0 Å². The summed E-state index contributed by atoms with van der Waals surface area (Å²) in [5, 5.41) is 12.1. The van der Waals surface area contributed by atoms with Crippen molar-refractivity contribution in [3.05, 3.63) is 47.4 Å². The Bertz CT molecular complexity index is 827. The van der Waals surface area contributed by atoms with E-state index >= 15 is 0 Å². The molecule has 1 aliphatic rings. The molecule has 7 heteroatoms. The number of likely N-dealkylation sites (tertiary alicyclic amines) is 1. The maximum atomic E-state index is 6.46. The molecular weight excluding hydrogens is 324 g/mol. The molecule has 3 aromatic rings. The predicted molar refractivity (Wildman–Crippen MR) is 95.2 cm³/mol.